The number of nitrogens with zero attached hydrogens (tertiary/aromatic N) is 3. The van der Waals surface area contributed by atoms with Crippen LogP contribution in [0.3, 0.4) is 0 Å². The minimum Gasteiger partial charge on any atom is -0.480 e. The number of hydrogen-bond acceptors (Lipinski definition) is 5. The van der Waals surface area contributed by atoms with Crippen molar-refractivity contribution in [3.63, 3.8) is 0 Å². The minimum absolute atomic E-state index is 0.408. The average Bonchev–Trinajstić information content (AvgIpc) is 3.18. The number of methoxy groups -OCH3 is 1. The van der Waals surface area contributed by atoms with Gasteiger partial charge in [-0.3, -0.25) is 0 Å². The highest BCUT2D eigenvalue weighted by Gasteiger charge is 2.16. The molecule has 5 nitrogen and oxygen atoms in total. The molecule has 6 heteroatoms. The van der Waals surface area contributed by atoms with E-state index in [1.165, 1.54) is 0 Å². The van der Waals surface area contributed by atoms with E-state index in [4.69, 9.17) is 20.9 Å². The lowest BCUT2D eigenvalue weighted by atomic mass is 10.1. The summed E-state index contributed by atoms with van der Waals surface area (Å²) in [5, 5.41) is 4.71. The van der Waals surface area contributed by atoms with Crippen LogP contribution in [0.1, 0.15) is 0 Å². The van der Waals surface area contributed by atoms with E-state index in [0.717, 1.165) is 16.8 Å². The maximum Gasteiger partial charge on any atom is 0.258 e. The van der Waals surface area contributed by atoms with Gasteiger partial charge in [0.25, 0.3) is 5.89 Å². The normalized spacial score (nSPS) is 10.7. The van der Waals surface area contributed by atoms with Crippen molar-refractivity contribution < 1.29 is 9.26 Å². The second-order valence-corrected chi connectivity index (χ2v) is 5.99. The van der Waals surface area contributed by atoms with Crippen LogP contribution >= 0.6 is 11.6 Å². The topological polar surface area (TPSA) is 61.0 Å². The molecule has 0 spiro atoms. The van der Waals surface area contributed by atoms with Crippen molar-refractivity contribution in [1.29, 1.82) is 0 Å². The molecule has 0 fully saturated rings. The van der Waals surface area contributed by atoms with E-state index >= 15 is 0 Å². The molecule has 0 amide bonds. The molecule has 0 atom stereocenters. The lowest BCUT2D eigenvalue weighted by molar-refractivity contribution is 0.398. The van der Waals surface area contributed by atoms with Gasteiger partial charge in [-0.25, -0.2) is 4.98 Å². The van der Waals surface area contributed by atoms with Crippen LogP contribution in [-0.2, 0) is 0 Å². The molecule has 0 aliphatic rings. The number of ether oxygens (including phenoxy) is 1. The summed E-state index contributed by atoms with van der Waals surface area (Å²) >= 11 is 5.91. The van der Waals surface area contributed by atoms with Crippen molar-refractivity contribution in [2.75, 3.05) is 7.11 Å². The third-order valence-corrected chi connectivity index (χ3v) is 4.13. The average molecular weight is 364 g/mol. The standard InChI is InChI=1S/C20H14ClN3O2/c1-25-20-16(11-12-17(22-20)13-5-3-2-4-6-13)18-23-19(26-24-18)14-7-9-15(21)10-8-14/h2-12H,1H3. The number of aromatic nitrogens is 3. The Bertz CT molecular complexity index is 1030. The van der Waals surface area contributed by atoms with Gasteiger partial charge in [0.15, 0.2) is 0 Å². The van der Waals surface area contributed by atoms with Gasteiger partial charge < -0.3 is 9.26 Å². The maximum absolute atomic E-state index is 5.91. The first-order chi connectivity index (χ1) is 12.7. The molecule has 2 aromatic carbocycles. The van der Waals surface area contributed by atoms with Crippen LogP contribution in [0.15, 0.2) is 71.3 Å². The summed E-state index contributed by atoms with van der Waals surface area (Å²) < 4.78 is 10.8. The zero-order valence-corrected chi connectivity index (χ0v) is 14.6. The van der Waals surface area contributed by atoms with Gasteiger partial charge in [0, 0.05) is 16.1 Å². The summed E-state index contributed by atoms with van der Waals surface area (Å²) in [5.41, 5.74) is 3.28. The van der Waals surface area contributed by atoms with Gasteiger partial charge in [0.1, 0.15) is 0 Å². The molecule has 0 saturated heterocycles. The molecular weight excluding hydrogens is 350 g/mol. The van der Waals surface area contributed by atoms with E-state index < -0.39 is 0 Å². The van der Waals surface area contributed by atoms with Gasteiger partial charge in [-0.2, -0.15) is 4.98 Å². The van der Waals surface area contributed by atoms with Crippen molar-refractivity contribution in [2.45, 2.75) is 0 Å². The van der Waals surface area contributed by atoms with Crippen LogP contribution < -0.4 is 4.74 Å². The van der Waals surface area contributed by atoms with E-state index in [1.54, 1.807) is 19.2 Å². The zero-order valence-electron chi connectivity index (χ0n) is 13.9. The molecule has 0 aliphatic carbocycles. The van der Waals surface area contributed by atoms with Crippen LogP contribution in [0, 0.1) is 0 Å². The quantitative estimate of drug-likeness (QED) is 0.503. The summed E-state index contributed by atoms with van der Waals surface area (Å²) in [6.07, 6.45) is 0. The van der Waals surface area contributed by atoms with Crippen LogP contribution in [-0.4, -0.2) is 22.2 Å². The third-order valence-electron chi connectivity index (χ3n) is 3.88. The highest BCUT2D eigenvalue weighted by molar-refractivity contribution is 6.30. The molecular formula is C20H14ClN3O2. The predicted octanol–water partition coefficient (Wildman–Crippen LogP) is 5.13. The second-order valence-electron chi connectivity index (χ2n) is 5.55. The molecule has 0 unspecified atom stereocenters. The Morgan fingerprint density at radius 1 is 0.846 bits per heavy atom. The van der Waals surface area contributed by atoms with Crippen molar-refractivity contribution in [1.82, 2.24) is 15.1 Å². The minimum atomic E-state index is 0.408. The van der Waals surface area contributed by atoms with E-state index in [2.05, 4.69) is 15.1 Å². The smallest absolute Gasteiger partial charge is 0.258 e. The molecule has 2 aromatic heterocycles. The van der Waals surface area contributed by atoms with E-state index in [1.807, 2.05) is 54.6 Å². The Morgan fingerprint density at radius 3 is 2.35 bits per heavy atom. The second kappa shape index (κ2) is 6.98. The van der Waals surface area contributed by atoms with Crippen molar-refractivity contribution in [2.24, 2.45) is 0 Å². The molecule has 0 N–H and O–H groups in total. The summed E-state index contributed by atoms with van der Waals surface area (Å²) in [7, 11) is 1.57. The Balaban J connectivity index is 1.71. The zero-order chi connectivity index (χ0) is 17.9. The van der Waals surface area contributed by atoms with Gasteiger partial charge in [-0.1, -0.05) is 47.1 Å². The number of hydrogen-bond donors (Lipinski definition) is 0. The monoisotopic (exact) mass is 363 g/mol. The maximum atomic E-state index is 5.91. The predicted molar refractivity (Wildman–Crippen MR) is 100.0 cm³/mol. The van der Waals surface area contributed by atoms with E-state index in [9.17, 15) is 0 Å². The van der Waals surface area contributed by atoms with Crippen LogP contribution in [0.2, 0.25) is 5.02 Å². The molecule has 0 bridgehead atoms. The first kappa shape index (κ1) is 16.3. The van der Waals surface area contributed by atoms with Crippen LogP contribution in [0.5, 0.6) is 5.88 Å². The first-order valence-electron chi connectivity index (χ1n) is 7.95. The number of benzene rings is 2. The molecule has 4 aromatic rings. The molecule has 0 saturated carbocycles. The summed E-state index contributed by atoms with van der Waals surface area (Å²) in [6, 6.07) is 20.9. The molecule has 128 valence electrons. The lowest BCUT2D eigenvalue weighted by Crippen LogP contribution is -1.95. The van der Waals surface area contributed by atoms with Crippen molar-refractivity contribution in [3.8, 4) is 40.0 Å². The van der Waals surface area contributed by atoms with Gasteiger partial charge >= 0.3 is 0 Å². The summed E-state index contributed by atoms with van der Waals surface area (Å²) in [5.74, 6) is 1.26. The van der Waals surface area contributed by atoms with Crippen molar-refractivity contribution >= 4 is 11.6 Å². The highest BCUT2D eigenvalue weighted by Crippen LogP contribution is 2.31. The van der Waals surface area contributed by atoms with Crippen LogP contribution in [0.25, 0.3) is 34.1 Å². The highest BCUT2D eigenvalue weighted by atomic mass is 35.5. The number of halogens is 1. The fraction of sp³-hybridized carbons (Fsp3) is 0.0500. The third kappa shape index (κ3) is 3.17. The Morgan fingerprint density at radius 2 is 1.62 bits per heavy atom. The van der Waals surface area contributed by atoms with Crippen molar-refractivity contribution in [3.05, 3.63) is 71.8 Å². The lowest BCUT2D eigenvalue weighted by Gasteiger charge is -2.07. The van der Waals surface area contributed by atoms with Gasteiger partial charge in [-0.15, -0.1) is 0 Å². The summed E-state index contributed by atoms with van der Waals surface area (Å²) in [4.78, 5) is 9.02. The fourth-order valence-corrected chi connectivity index (χ4v) is 2.70. The molecule has 26 heavy (non-hydrogen) atoms. The van der Waals surface area contributed by atoms with E-state index in [0.29, 0.717) is 28.2 Å². The molecule has 4 rings (SSSR count). The van der Waals surface area contributed by atoms with Gasteiger partial charge in [0.2, 0.25) is 11.7 Å². The first-order valence-corrected chi connectivity index (χ1v) is 8.33. The largest absolute Gasteiger partial charge is 0.480 e. The Kier molecular flexibility index (Phi) is 4.37. The van der Waals surface area contributed by atoms with Gasteiger partial charge in [-0.05, 0) is 36.4 Å². The molecule has 0 radical (unpaired) electrons. The van der Waals surface area contributed by atoms with Gasteiger partial charge in [0.05, 0.1) is 18.4 Å². The Labute approximate surface area is 155 Å². The van der Waals surface area contributed by atoms with Crippen LogP contribution in [0.4, 0.5) is 0 Å². The fourth-order valence-electron chi connectivity index (χ4n) is 2.58. The van der Waals surface area contributed by atoms with E-state index in [-0.39, 0.29) is 0 Å². The Hall–Kier alpha value is -3.18. The number of pyridine rings is 1. The molecule has 0 aliphatic heterocycles. The SMILES string of the molecule is COc1nc(-c2ccccc2)ccc1-c1noc(-c2ccc(Cl)cc2)n1. The number of rotatable bonds is 4. The summed E-state index contributed by atoms with van der Waals surface area (Å²) in [6.45, 7) is 0. The molecule has 2 heterocycles.